The minimum atomic E-state index is 1.02. The molecule has 3 aromatic carbocycles. The fourth-order valence-corrected chi connectivity index (χ4v) is 3.81. The number of benzene rings is 3. The van der Waals surface area contributed by atoms with Gasteiger partial charge in [0.2, 0.25) is 0 Å². The SMILES string of the molecule is Brc1ccc2c(c1)c1cnc3ccccc3c1n2-c1ccccc1. The largest absolute Gasteiger partial charge is 0.309 e. The Hall–Kier alpha value is -2.65. The van der Waals surface area contributed by atoms with Gasteiger partial charge in [-0.1, -0.05) is 52.3 Å². The molecule has 0 saturated heterocycles. The lowest BCUT2D eigenvalue weighted by molar-refractivity contribution is 1.18. The molecule has 0 fully saturated rings. The van der Waals surface area contributed by atoms with Crippen LogP contribution in [0.3, 0.4) is 0 Å². The molecule has 0 saturated carbocycles. The molecule has 3 heteroatoms. The highest BCUT2D eigenvalue weighted by Crippen LogP contribution is 2.36. The Bertz CT molecular complexity index is 1210. The summed E-state index contributed by atoms with van der Waals surface area (Å²) in [7, 11) is 0. The summed E-state index contributed by atoms with van der Waals surface area (Å²) in [6.45, 7) is 0. The van der Waals surface area contributed by atoms with Gasteiger partial charge in [-0.15, -0.1) is 0 Å². The summed E-state index contributed by atoms with van der Waals surface area (Å²) in [6.07, 6.45) is 1.99. The summed E-state index contributed by atoms with van der Waals surface area (Å²) in [5.41, 5.74) is 4.58. The van der Waals surface area contributed by atoms with Crippen molar-refractivity contribution in [2.24, 2.45) is 0 Å². The minimum absolute atomic E-state index is 1.02. The van der Waals surface area contributed by atoms with Gasteiger partial charge < -0.3 is 4.57 Å². The number of halogens is 1. The summed E-state index contributed by atoms with van der Waals surface area (Å²) < 4.78 is 3.41. The number of aromatic nitrogens is 2. The van der Waals surface area contributed by atoms with Crippen molar-refractivity contribution in [1.29, 1.82) is 0 Å². The van der Waals surface area contributed by atoms with Gasteiger partial charge in [-0.05, 0) is 36.4 Å². The number of hydrogen-bond donors (Lipinski definition) is 0. The zero-order valence-electron chi connectivity index (χ0n) is 12.8. The van der Waals surface area contributed by atoms with Crippen LogP contribution in [-0.4, -0.2) is 9.55 Å². The van der Waals surface area contributed by atoms with E-state index in [0.29, 0.717) is 0 Å². The molecule has 2 heterocycles. The molecular weight excluding hydrogens is 360 g/mol. The van der Waals surface area contributed by atoms with Crippen molar-refractivity contribution >= 4 is 48.6 Å². The van der Waals surface area contributed by atoms with Crippen molar-refractivity contribution in [3.63, 3.8) is 0 Å². The summed E-state index contributed by atoms with van der Waals surface area (Å²) in [5.74, 6) is 0. The molecule has 2 nitrogen and oxygen atoms in total. The predicted molar refractivity (Wildman–Crippen MR) is 104 cm³/mol. The lowest BCUT2D eigenvalue weighted by Crippen LogP contribution is -1.94. The maximum atomic E-state index is 4.67. The molecule has 0 amide bonds. The van der Waals surface area contributed by atoms with E-state index < -0.39 is 0 Å². The van der Waals surface area contributed by atoms with Gasteiger partial charge in [-0.2, -0.15) is 0 Å². The molecule has 114 valence electrons. The molecule has 0 aliphatic carbocycles. The Kier molecular flexibility index (Phi) is 2.97. The topological polar surface area (TPSA) is 17.8 Å². The number of nitrogens with zero attached hydrogens (tertiary/aromatic N) is 2. The highest BCUT2D eigenvalue weighted by molar-refractivity contribution is 9.10. The van der Waals surface area contributed by atoms with E-state index in [4.69, 9.17) is 0 Å². The minimum Gasteiger partial charge on any atom is -0.309 e. The monoisotopic (exact) mass is 372 g/mol. The molecule has 0 radical (unpaired) electrons. The van der Waals surface area contributed by atoms with Crippen LogP contribution in [0.2, 0.25) is 0 Å². The molecule has 5 aromatic rings. The van der Waals surface area contributed by atoms with Crippen LogP contribution in [0.4, 0.5) is 0 Å². The first-order valence-electron chi connectivity index (χ1n) is 7.86. The Morgan fingerprint density at radius 3 is 2.42 bits per heavy atom. The summed E-state index contributed by atoms with van der Waals surface area (Å²) in [6, 6.07) is 25.3. The predicted octanol–water partition coefficient (Wildman–Crippen LogP) is 6.09. The number of para-hydroxylation sites is 2. The van der Waals surface area contributed by atoms with E-state index in [9.17, 15) is 0 Å². The molecule has 0 bridgehead atoms. The van der Waals surface area contributed by atoms with Gasteiger partial charge in [-0.3, -0.25) is 4.98 Å². The van der Waals surface area contributed by atoms with Gasteiger partial charge >= 0.3 is 0 Å². The third-order valence-corrected chi connectivity index (χ3v) is 4.97. The quantitative estimate of drug-likeness (QED) is 0.347. The van der Waals surface area contributed by atoms with Crippen molar-refractivity contribution in [2.45, 2.75) is 0 Å². The highest BCUT2D eigenvalue weighted by Gasteiger charge is 2.15. The molecule has 0 spiro atoms. The van der Waals surface area contributed by atoms with Crippen LogP contribution in [0.5, 0.6) is 0 Å². The number of pyridine rings is 1. The number of fused-ring (bicyclic) bond motifs is 5. The molecule has 0 N–H and O–H groups in total. The zero-order chi connectivity index (χ0) is 16.1. The molecular formula is C21H13BrN2. The average molecular weight is 373 g/mol. The molecule has 24 heavy (non-hydrogen) atoms. The first-order valence-corrected chi connectivity index (χ1v) is 8.65. The van der Waals surface area contributed by atoms with E-state index in [1.165, 1.54) is 27.2 Å². The second-order valence-electron chi connectivity index (χ2n) is 5.87. The Morgan fingerprint density at radius 2 is 1.54 bits per heavy atom. The van der Waals surface area contributed by atoms with Gasteiger partial charge in [0.05, 0.1) is 16.6 Å². The summed E-state index contributed by atoms with van der Waals surface area (Å²) in [5, 5.41) is 3.56. The lowest BCUT2D eigenvalue weighted by atomic mass is 10.1. The van der Waals surface area contributed by atoms with E-state index in [2.05, 4.69) is 86.1 Å². The van der Waals surface area contributed by atoms with Crippen LogP contribution in [-0.2, 0) is 0 Å². The highest BCUT2D eigenvalue weighted by atomic mass is 79.9. The first kappa shape index (κ1) is 13.8. The third kappa shape index (κ3) is 1.91. The number of hydrogen-bond acceptors (Lipinski definition) is 1. The maximum Gasteiger partial charge on any atom is 0.0723 e. The number of rotatable bonds is 1. The maximum absolute atomic E-state index is 4.67. The smallest absolute Gasteiger partial charge is 0.0723 e. The molecule has 0 aliphatic heterocycles. The van der Waals surface area contributed by atoms with Gasteiger partial charge in [0, 0.05) is 32.5 Å². The van der Waals surface area contributed by atoms with Crippen molar-refractivity contribution < 1.29 is 0 Å². The van der Waals surface area contributed by atoms with Crippen molar-refractivity contribution in [1.82, 2.24) is 9.55 Å². The van der Waals surface area contributed by atoms with E-state index >= 15 is 0 Å². The van der Waals surface area contributed by atoms with E-state index in [1.54, 1.807) is 0 Å². The summed E-state index contributed by atoms with van der Waals surface area (Å²) >= 11 is 3.60. The van der Waals surface area contributed by atoms with Gasteiger partial charge in [0.1, 0.15) is 0 Å². The third-order valence-electron chi connectivity index (χ3n) is 4.47. The molecule has 5 rings (SSSR count). The molecule has 0 unspecified atom stereocenters. The fourth-order valence-electron chi connectivity index (χ4n) is 3.45. The van der Waals surface area contributed by atoms with Gasteiger partial charge in [-0.25, -0.2) is 0 Å². The van der Waals surface area contributed by atoms with Gasteiger partial charge in [0.25, 0.3) is 0 Å². The van der Waals surface area contributed by atoms with E-state index in [0.717, 1.165) is 15.7 Å². The normalized spacial score (nSPS) is 11.5. The fraction of sp³-hybridized carbons (Fsp3) is 0. The van der Waals surface area contributed by atoms with Crippen LogP contribution < -0.4 is 0 Å². The van der Waals surface area contributed by atoms with Crippen molar-refractivity contribution in [2.75, 3.05) is 0 Å². The van der Waals surface area contributed by atoms with Crippen molar-refractivity contribution in [3.8, 4) is 5.69 Å². The van der Waals surface area contributed by atoms with E-state index in [1.807, 2.05) is 18.3 Å². The summed E-state index contributed by atoms with van der Waals surface area (Å²) in [4.78, 5) is 4.67. The van der Waals surface area contributed by atoms with Crippen LogP contribution in [0.15, 0.2) is 83.5 Å². The Balaban J connectivity index is 2.09. The second-order valence-corrected chi connectivity index (χ2v) is 6.79. The zero-order valence-corrected chi connectivity index (χ0v) is 14.4. The molecule has 2 aromatic heterocycles. The van der Waals surface area contributed by atoms with Crippen LogP contribution in [0.25, 0.3) is 38.4 Å². The Labute approximate surface area is 147 Å². The van der Waals surface area contributed by atoms with Crippen molar-refractivity contribution in [3.05, 3.63) is 83.5 Å². The molecule has 0 atom stereocenters. The van der Waals surface area contributed by atoms with Gasteiger partial charge in [0.15, 0.2) is 0 Å². The average Bonchev–Trinajstić information content (AvgIpc) is 2.96. The van der Waals surface area contributed by atoms with Crippen LogP contribution in [0, 0.1) is 0 Å². The van der Waals surface area contributed by atoms with Crippen LogP contribution in [0.1, 0.15) is 0 Å². The lowest BCUT2D eigenvalue weighted by Gasteiger charge is -2.09. The first-order chi connectivity index (χ1) is 11.8. The van der Waals surface area contributed by atoms with E-state index in [-0.39, 0.29) is 0 Å². The van der Waals surface area contributed by atoms with Crippen LogP contribution >= 0.6 is 15.9 Å². The molecule has 0 aliphatic rings. The Morgan fingerprint density at radius 1 is 0.750 bits per heavy atom. The standard InChI is InChI=1S/C21H13BrN2/c22-14-10-11-20-17(12-14)18-13-23-19-9-5-4-8-16(19)21(18)24(20)15-6-2-1-3-7-15/h1-13H. The second kappa shape index (κ2) is 5.18.